The molecule has 0 radical (unpaired) electrons. The number of nitrogens with zero attached hydrogens (tertiary/aromatic N) is 1. The number of aromatic nitrogens is 1. The normalized spacial score (nSPS) is 18.4. The molecular formula is C15H17FN2OS. The Morgan fingerprint density at radius 3 is 3.10 bits per heavy atom. The zero-order valence-corrected chi connectivity index (χ0v) is 12.2. The molecule has 0 spiro atoms. The number of hydrogen-bond acceptors (Lipinski definition) is 4. The fourth-order valence-corrected chi connectivity index (χ4v) is 3.39. The number of hydrogen-bond donors (Lipinski definition) is 1. The summed E-state index contributed by atoms with van der Waals surface area (Å²) >= 11 is 1.64. The Bertz CT molecular complexity index is 593. The van der Waals surface area contributed by atoms with Crippen LogP contribution in [-0.2, 0) is 6.42 Å². The Balaban J connectivity index is 1.77. The van der Waals surface area contributed by atoms with Crippen LogP contribution in [0, 0.1) is 5.82 Å². The van der Waals surface area contributed by atoms with E-state index in [1.165, 1.54) is 26.0 Å². The minimum atomic E-state index is -0.350. The maximum Gasteiger partial charge on any atom is 0.165 e. The molecule has 0 aliphatic carbocycles. The molecule has 1 atom stereocenters. The molecule has 2 heterocycles. The van der Waals surface area contributed by atoms with Crippen molar-refractivity contribution in [1.29, 1.82) is 0 Å². The van der Waals surface area contributed by atoms with Crippen molar-refractivity contribution in [3.05, 3.63) is 34.4 Å². The van der Waals surface area contributed by atoms with Crippen molar-refractivity contribution >= 4 is 11.3 Å². The smallest absolute Gasteiger partial charge is 0.165 e. The number of ether oxygens (including phenoxy) is 1. The molecule has 1 aliphatic heterocycles. The fraction of sp³-hybridized carbons (Fsp3) is 0.400. The summed E-state index contributed by atoms with van der Waals surface area (Å²) in [6.45, 7) is 1.10. The molecule has 20 heavy (non-hydrogen) atoms. The van der Waals surface area contributed by atoms with E-state index in [-0.39, 0.29) is 11.6 Å². The van der Waals surface area contributed by atoms with Gasteiger partial charge in [0.1, 0.15) is 0 Å². The molecule has 106 valence electrons. The number of halogens is 1. The van der Waals surface area contributed by atoms with E-state index in [0.717, 1.165) is 29.2 Å². The third-order valence-electron chi connectivity index (χ3n) is 3.58. The molecule has 1 saturated heterocycles. The summed E-state index contributed by atoms with van der Waals surface area (Å²) in [5, 5.41) is 6.57. The predicted octanol–water partition coefficient (Wildman–Crippen LogP) is 3.25. The molecule has 1 unspecified atom stereocenters. The van der Waals surface area contributed by atoms with Gasteiger partial charge in [-0.2, -0.15) is 0 Å². The average molecular weight is 292 g/mol. The van der Waals surface area contributed by atoms with Crippen LogP contribution in [0.15, 0.2) is 23.6 Å². The SMILES string of the molecule is COc1ccc(-c2csc(CC3CCCN3)n2)cc1F. The van der Waals surface area contributed by atoms with Gasteiger partial charge in [0, 0.05) is 23.4 Å². The summed E-state index contributed by atoms with van der Waals surface area (Å²) in [7, 11) is 1.47. The first-order chi connectivity index (χ1) is 9.76. The molecule has 5 heteroatoms. The molecule has 0 amide bonds. The summed E-state index contributed by atoms with van der Waals surface area (Å²) in [6, 6.07) is 5.50. The van der Waals surface area contributed by atoms with Gasteiger partial charge < -0.3 is 10.1 Å². The van der Waals surface area contributed by atoms with Gasteiger partial charge in [-0.25, -0.2) is 9.37 Å². The highest BCUT2D eigenvalue weighted by molar-refractivity contribution is 7.09. The maximum absolute atomic E-state index is 13.7. The largest absolute Gasteiger partial charge is 0.494 e. The first-order valence-corrected chi connectivity index (χ1v) is 7.66. The standard InChI is InChI=1S/C15H17FN2OS/c1-19-14-5-4-10(7-12(14)16)13-9-20-15(18-13)8-11-3-2-6-17-11/h4-5,7,9,11,17H,2-3,6,8H2,1H3. The summed E-state index contributed by atoms with van der Waals surface area (Å²) in [5.41, 5.74) is 1.63. The zero-order valence-electron chi connectivity index (χ0n) is 11.4. The molecule has 3 rings (SSSR count). The van der Waals surface area contributed by atoms with Crippen LogP contribution < -0.4 is 10.1 Å². The lowest BCUT2D eigenvalue weighted by Crippen LogP contribution is -2.23. The van der Waals surface area contributed by atoms with Crippen molar-refractivity contribution in [3.8, 4) is 17.0 Å². The molecule has 1 fully saturated rings. The Morgan fingerprint density at radius 2 is 2.40 bits per heavy atom. The van der Waals surface area contributed by atoms with Gasteiger partial charge in [-0.3, -0.25) is 0 Å². The van der Waals surface area contributed by atoms with E-state index in [1.54, 1.807) is 17.4 Å². The first-order valence-electron chi connectivity index (χ1n) is 6.78. The molecule has 2 aromatic rings. The quantitative estimate of drug-likeness (QED) is 0.939. The topological polar surface area (TPSA) is 34.1 Å². The van der Waals surface area contributed by atoms with Crippen molar-refractivity contribution in [3.63, 3.8) is 0 Å². The van der Waals surface area contributed by atoms with E-state index >= 15 is 0 Å². The van der Waals surface area contributed by atoms with E-state index < -0.39 is 0 Å². The molecule has 1 aliphatic rings. The van der Waals surface area contributed by atoms with Crippen LogP contribution in [0.4, 0.5) is 4.39 Å². The summed E-state index contributed by atoms with van der Waals surface area (Å²) in [4.78, 5) is 4.61. The monoisotopic (exact) mass is 292 g/mol. The van der Waals surface area contributed by atoms with E-state index in [2.05, 4.69) is 10.3 Å². The van der Waals surface area contributed by atoms with Gasteiger partial charge >= 0.3 is 0 Å². The Hall–Kier alpha value is -1.46. The summed E-state index contributed by atoms with van der Waals surface area (Å²) in [5.74, 6) is -0.0867. The van der Waals surface area contributed by atoms with Crippen LogP contribution in [0.2, 0.25) is 0 Å². The highest BCUT2D eigenvalue weighted by atomic mass is 32.1. The number of methoxy groups -OCH3 is 1. The van der Waals surface area contributed by atoms with Crippen LogP contribution in [0.25, 0.3) is 11.3 Å². The van der Waals surface area contributed by atoms with E-state index in [0.29, 0.717) is 6.04 Å². The van der Waals surface area contributed by atoms with Gasteiger partial charge in [0.05, 0.1) is 17.8 Å². The maximum atomic E-state index is 13.7. The second kappa shape index (κ2) is 5.89. The average Bonchev–Trinajstić information content (AvgIpc) is 3.11. The van der Waals surface area contributed by atoms with Crippen molar-refractivity contribution in [2.75, 3.05) is 13.7 Å². The third-order valence-corrected chi connectivity index (χ3v) is 4.45. The van der Waals surface area contributed by atoms with Crippen molar-refractivity contribution in [2.45, 2.75) is 25.3 Å². The zero-order chi connectivity index (χ0) is 13.9. The Kier molecular flexibility index (Phi) is 3.98. The molecule has 0 saturated carbocycles. The minimum absolute atomic E-state index is 0.263. The summed E-state index contributed by atoms with van der Waals surface area (Å²) in [6.07, 6.45) is 3.42. The van der Waals surface area contributed by atoms with Gasteiger partial charge in [-0.05, 0) is 37.6 Å². The number of benzene rings is 1. The molecule has 1 aromatic heterocycles. The van der Waals surface area contributed by atoms with Crippen LogP contribution in [0.3, 0.4) is 0 Å². The van der Waals surface area contributed by atoms with Crippen LogP contribution >= 0.6 is 11.3 Å². The minimum Gasteiger partial charge on any atom is -0.494 e. The van der Waals surface area contributed by atoms with E-state index in [9.17, 15) is 4.39 Å². The van der Waals surface area contributed by atoms with Crippen LogP contribution in [0.1, 0.15) is 17.8 Å². The van der Waals surface area contributed by atoms with Crippen LogP contribution in [0.5, 0.6) is 5.75 Å². The van der Waals surface area contributed by atoms with Gasteiger partial charge in [-0.1, -0.05) is 0 Å². The lowest BCUT2D eigenvalue weighted by molar-refractivity contribution is 0.386. The number of nitrogens with one attached hydrogen (secondary N) is 1. The first kappa shape index (κ1) is 13.5. The third kappa shape index (κ3) is 2.83. The van der Waals surface area contributed by atoms with Crippen LogP contribution in [-0.4, -0.2) is 24.7 Å². The molecule has 3 nitrogen and oxygen atoms in total. The lowest BCUT2D eigenvalue weighted by atomic mass is 10.1. The van der Waals surface area contributed by atoms with Crippen molar-refractivity contribution in [2.24, 2.45) is 0 Å². The highest BCUT2D eigenvalue weighted by Crippen LogP contribution is 2.27. The molecule has 1 N–H and O–H groups in total. The molecule has 0 bridgehead atoms. The molecular weight excluding hydrogens is 275 g/mol. The van der Waals surface area contributed by atoms with Gasteiger partial charge in [-0.15, -0.1) is 11.3 Å². The van der Waals surface area contributed by atoms with Crippen molar-refractivity contribution in [1.82, 2.24) is 10.3 Å². The predicted molar refractivity (Wildman–Crippen MR) is 78.8 cm³/mol. The summed E-state index contributed by atoms with van der Waals surface area (Å²) < 4.78 is 18.6. The Labute approximate surface area is 121 Å². The van der Waals surface area contributed by atoms with Gasteiger partial charge in [0.15, 0.2) is 11.6 Å². The fourth-order valence-electron chi connectivity index (χ4n) is 2.50. The second-order valence-corrected chi connectivity index (χ2v) is 5.92. The number of rotatable bonds is 4. The lowest BCUT2D eigenvalue weighted by Gasteiger charge is -2.06. The number of thiazole rings is 1. The molecule has 1 aromatic carbocycles. The second-order valence-electron chi connectivity index (χ2n) is 4.97. The Morgan fingerprint density at radius 1 is 1.50 bits per heavy atom. The highest BCUT2D eigenvalue weighted by Gasteiger charge is 2.16. The van der Waals surface area contributed by atoms with Gasteiger partial charge in [0.2, 0.25) is 0 Å². The van der Waals surface area contributed by atoms with E-state index in [1.807, 2.05) is 11.4 Å². The van der Waals surface area contributed by atoms with Crippen molar-refractivity contribution < 1.29 is 9.13 Å². The van der Waals surface area contributed by atoms with E-state index in [4.69, 9.17) is 4.74 Å². The van der Waals surface area contributed by atoms with Gasteiger partial charge in [0.25, 0.3) is 0 Å².